The first-order valence-corrected chi connectivity index (χ1v) is 6.14. The lowest BCUT2D eigenvalue weighted by atomic mass is 10.1. The minimum Gasteiger partial charge on any atom is -0.335 e. The summed E-state index contributed by atoms with van der Waals surface area (Å²) >= 11 is 0. The Kier molecular flexibility index (Phi) is 4.33. The van der Waals surface area contributed by atoms with Gasteiger partial charge in [0.2, 0.25) is 0 Å². The lowest BCUT2D eigenvalue weighted by Crippen LogP contribution is -2.10. The molecule has 3 nitrogen and oxygen atoms in total. The van der Waals surface area contributed by atoms with E-state index in [4.69, 9.17) is 5.73 Å². The van der Waals surface area contributed by atoms with Crippen molar-refractivity contribution in [1.82, 2.24) is 9.55 Å². The quantitative estimate of drug-likeness (QED) is 0.823. The summed E-state index contributed by atoms with van der Waals surface area (Å²) in [7, 11) is 0. The van der Waals surface area contributed by atoms with Crippen molar-refractivity contribution < 1.29 is 0 Å². The molecule has 1 aromatic carbocycles. The van der Waals surface area contributed by atoms with Crippen molar-refractivity contribution in [2.75, 3.05) is 6.54 Å². The number of aromatic nitrogens is 2. The molecule has 1 aromatic heterocycles. The molecule has 0 aliphatic carbocycles. The summed E-state index contributed by atoms with van der Waals surface area (Å²) in [5.74, 6) is 1.10. The van der Waals surface area contributed by atoms with Gasteiger partial charge in [-0.2, -0.15) is 0 Å². The van der Waals surface area contributed by atoms with Crippen LogP contribution in [0, 0.1) is 0 Å². The molecule has 0 aliphatic rings. The molecule has 2 N–H and O–H groups in total. The number of rotatable bonds is 6. The highest BCUT2D eigenvalue weighted by Gasteiger charge is 2.01. The third-order valence-electron chi connectivity index (χ3n) is 2.88. The second-order valence-electron chi connectivity index (χ2n) is 4.16. The lowest BCUT2D eigenvalue weighted by molar-refractivity contribution is 0.609. The topological polar surface area (TPSA) is 43.8 Å². The molecule has 1 heterocycles. The number of imidazole rings is 1. The van der Waals surface area contributed by atoms with Crippen molar-refractivity contribution in [3.05, 3.63) is 54.1 Å². The highest BCUT2D eigenvalue weighted by atomic mass is 15.1. The summed E-state index contributed by atoms with van der Waals surface area (Å²) < 4.78 is 2.20. The van der Waals surface area contributed by atoms with Gasteiger partial charge in [-0.05, 0) is 24.9 Å². The van der Waals surface area contributed by atoms with E-state index in [-0.39, 0.29) is 0 Å². The van der Waals surface area contributed by atoms with Gasteiger partial charge in [-0.3, -0.25) is 0 Å². The highest BCUT2D eigenvalue weighted by Crippen LogP contribution is 2.05. The van der Waals surface area contributed by atoms with Gasteiger partial charge in [0.25, 0.3) is 0 Å². The third kappa shape index (κ3) is 3.43. The van der Waals surface area contributed by atoms with Gasteiger partial charge in [-0.25, -0.2) is 4.98 Å². The number of nitrogens with two attached hydrogens (primary N) is 1. The standard InChI is InChI=1S/C14H19N3/c15-9-8-14-16-10-12-17(14)11-4-7-13-5-2-1-3-6-13/h1-3,5-6,10,12H,4,7-9,11,15H2. The minimum atomic E-state index is 0.662. The fourth-order valence-electron chi connectivity index (χ4n) is 2.00. The summed E-state index contributed by atoms with van der Waals surface area (Å²) in [5.41, 5.74) is 6.95. The second-order valence-corrected chi connectivity index (χ2v) is 4.16. The van der Waals surface area contributed by atoms with Gasteiger partial charge in [-0.1, -0.05) is 30.3 Å². The predicted octanol–water partition coefficient (Wildman–Crippen LogP) is 2.02. The Labute approximate surface area is 102 Å². The molecule has 0 bridgehead atoms. The zero-order valence-electron chi connectivity index (χ0n) is 10.0. The Balaban J connectivity index is 1.84. The first-order chi connectivity index (χ1) is 8.40. The van der Waals surface area contributed by atoms with E-state index in [1.54, 1.807) is 0 Å². The van der Waals surface area contributed by atoms with Crippen LogP contribution in [0.1, 0.15) is 17.8 Å². The summed E-state index contributed by atoms with van der Waals surface area (Å²) in [4.78, 5) is 4.31. The third-order valence-corrected chi connectivity index (χ3v) is 2.88. The van der Waals surface area contributed by atoms with Gasteiger partial charge in [0, 0.05) is 25.4 Å². The minimum absolute atomic E-state index is 0.662. The van der Waals surface area contributed by atoms with E-state index >= 15 is 0 Å². The molecule has 2 rings (SSSR count). The first kappa shape index (κ1) is 11.9. The van der Waals surface area contributed by atoms with E-state index in [1.807, 2.05) is 12.4 Å². The van der Waals surface area contributed by atoms with Crippen LogP contribution in [-0.4, -0.2) is 16.1 Å². The van der Waals surface area contributed by atoms with E-state index in [9.17, 15) is 0 Å². The SMILES string of the molecule is NCCc1nccn1CCCc1ccccc1. The Morgan fingerprint density at radius 2 is 1.94 bits per heavy atom. The maximum atomic E-state index is 5.56. The van der Waals surface area contributed by atoms with E-state index < -0.39 is 0 Å². The molecule has 0 fully saturated rings. The maximum absolute atomic E-state index is 5.56. The predicted molar refractivity (Wildman–Crippen MR) is 69.7 cm³/mol. The number of hydrogen-bond acceptors (Lipinski definition) is 2. The summed E-state index contributed by atoms with van der Waals surface area (Å²) in [6, 6.07) is 10.6. The molecule has 2 aromatic rings. The first-order valence-electron chi connectivity index (χ1n) is 6.14. The Bertz CT molecular complexity index is 434. The molecule has 0 radical (unpaired) electrons. The van der Waals surface area contributed by atoms with Gasteiger partial charge in [0.1, 0.15) is 5.82 Å². The number of nitrogens with zero attached hydrogens (tertiary/aromatic N) is 2. The molecular weight excluding hydrogens is 210 g/mol. The largest absolute Gasteiger partial charge is 0.335 e. The van der Waals surface area contributed by atoms with Crippen LogP contribution in [0.25, 0.3) is 0 Å². The normalized spacial score (nSPS) is 10.6. The highest BCUT2D eigenvalue weighted by molar-refractivity contribution is 5.14. The number of aryl methyl sites for hydroxylation is 2. The lowest BCUT2D eigenvalue weighted by Gasteiger charge is -2.07. The van der Waals surface area contributed by atoms with Crippen LogP contribution >= 0.6 is 0 Å². The maximum Gasteiger partial charge on any atom is 0.109 e. The van der Waals surface area contributed by atoms with Crippen molar-refractivity contribution in [3.63, 3.8) is 0 Å². The van der Waals surface area contributed by atoms with Crippen molar-refractivity contribution in [1.29, 1.82) is 0 Å². The monoisotopic (exact) mass is 229 g/mol. The fraction of sp³-hybridized carbons (Fsp3) is 0.357. The molecule has 0 unspecified atom stereocenters. The Morgan fingerprint density at radius 1 is 1.12 bits per heavy atom. The second kappa shape index (κ2) is 6.21. The van der Waals surface area contributed by atoms with E-state index in [0.717, 1.165) is 31.6 Å². The van der Waals surface area contributed by atoms with E-state index in [2.05, 4.69) is 39.9 Å². The van der Waals surface area contributed by atoms with Gasteiger partial charge in [0.05, 0.1) is 0 Å². The molecular formula is C14H19N3. The van der Waals surface area contributed by atoms with Gasteiger partial charge < -0.3 is 10.3 Å². The molecule has 17 heavy (non-hydrogen) atoms. The van der Waals surface area contributed by atoms with Crippen LogP contribution in [0.3, 0.4) is 0 Å². The average molecular weight is 229 g/mol. The summed E-state index contributed by atoms with van der Waals surface area (Å²) in [5, 5.41) is 0. The molecule has 0 aliphatic heterocycles. The fourth-order valence-corrected chi connectivity index (χ4v) is 2.00. The van der Waals surface area contributed by atoms with Crippen LogP contribution in [0.15, 0.2) is 42.7 Å². The van der Waals surface area contributed by atoms with Gasteiger partial charge >= 0.3 is 0 Å². The zero-order chi connectivity index (χ0) is 11.9. The smallest absolute Gasteiger partial charge is 0.109 e. The van der Waals surface area contributed by atoms with Crippen molar-refractivity contribution in [2.45, 2.75) is 25.8 Å². The van der Waals surface area contributed by atoms with Crippen molar-refractivity contribution in [3.8, 4) is 0 Å². The molecule has 0 saturated heterocycles. The molecule has 0 spiro atoms. The van der Waals surface area contributed by atoms with Crippen LogP contribution in [0.5, 0.6) is 0 Å². The van der Waals surface area contributed by atoms with Crippen LogP contribution < -0.4 is 5.73 Å². The van der Waals surface area contributed by atoms with Crippen LogP contribution in [-0.2, 0) is 19.4 Å². The molecule has 0 amide bonds. The van der Waals surface area contributed by atoms with Gasteiger partial charge in [-0.15, -0.1) is 0 Å². The van der Waals surface area contributed by atoms with Gasteiger partial charge in [0.15, 0.2) is 0 Å². The number of benzene rings is 1. The van der Waals surface area contributed by atoms with E-state index in [0.29, 0.717) is 6.54 Å². The summed E-state index contributed by atoms with van der Waals surface area (Å²) in [6.07, 6.45) is 7.00. The molecule has 90 valence electrons. The zero-order valence-corrected chi connectivity index (χ0v) is 10.0. The van der Waals surface area contributed by atoms with Crippen LogP contribution in [0.2, 0.25) is 0 Å². The molecule has 0 atom stereocenters. The Morgan fingerprint density at radius 3 is 2.71 bits per heavy atom. The average Bonchev–Trinajstić information content (AvgIpc) is 2.79. The summed E-state index contributed by atoms with van der Waals surface area (Å²) in [6.45, 7) is 1.68. The molecule has 0 saturated carbocycles. The van der Waals surface area contributed by atoms with Crippen molar-refractivity contribution >= 4 is 0 Å². The number of hydrogen-bond donors (Lipinski definition) is 1. The molecule has 3 heteroatoms. The van der Waals surface area contributed by atoms with Crippen molar-refractivity contribution in [2.24, 2.45) is 5.73 Å². The van der Waals surface area contributed by atoms with Crippen LogP contribution in [0.4, 0.5) is 0 Å². The Hall–Kier alpha value is -1.61. The van der Waals surface area contributed by atoms with E-state index in [1.165, 1.54) is 5.56 Å².